The first-order valence-electron chi connectivity index (χ1n) is 18.2. The first-order chi connectivity index (χ1) is 27.5. The molecule has 7 rings (SSSR count). The van der Waals surface area contributed by atoms with Gasteiger partial charge in [-0.3, -0.25) is 0 Å². The number of hydrogen-bond donors (Lipinski definition) is 0. The van der Waals surface area contributed by atoms with Gasteiger partial charge in [-0.15, -0.1) is 0 Å². The topological polar surface area (TPSA) is 107 Å². The van der Waals surface area contributed by atoms with Gasteiger partial charge in [-0.1, -0.05) is 146 Å². The van der Waals surface area contributed by atoms with Crippen LogP contribution >= 0.6 is 0 Å². The van der Waals surface area contributed by atoms with E-state index in [9.17, 15) is 14.4 Å². The Bertz CT molecular complexity index is 2070. The summed E-state index contributed by atoms with van der Waals surface area (Å²) in [4.78, 5) is 41.4. The summed E-state index contributed by atoms with van der Waals surface area (Å²) in [5.41, 5.74) is 2.04. The monoisotopic (exact) mass is 748 g/mol. The van der Waals surface area contributed by atoms with Crippen LogP contribution in [-0.2, 0) is 34.0 Å². The standard InChI is InChI=1S/C47H40O9/c1-51-46-42(56-45(50)35-24-12-4-13-25-35)41(55-44(49)34-22-10-3-11-23-34)40(54-43(48)33-20-8-2-9-21-33)39(53-46)32-52-47(36-26-14-5-15-27-36,37-28-16-6-17-29-37)38-30-18-7-19-31-38/h2-31,39-42,46H,32H2,1H3/t39-,40+,41+,42-,46+/m1/s1. The van der Waals surface area contributed by atoms with Gasteiger partial charge in [0.1, 0.15) is 11.7 Å². The third-order valence-electron chi connectivity index (χ3n) is 9.59. The molecule has 1 aliphatic heterocycles. The van der Waals surface area contributed by atoms with E-state index in [1.54, 1.807) is 91.0 Å². The summed E-state index contributed by atoms with van der Waals surface area (Å²) in [7, 11) is 1.39. The number of benzene rings is 6. The quantitative estimate of drug-likeness (QED) is 0.0659. The maximum absolute atomic E-state index is 13.9. The Morgan fingerprint density at radius 2 is 0.786 bits per heavy atom. The number of methoxy groups -OCH3 is 1. The van der Waals surface area contributed by atoms with E-state index in [4.69, 9.17) is 28.4 Å². The van der Waals surface area contributed by atoms with Crippen LogP contribution in [0.25, 0.3) is 0 Å². The van der Waals surface area contributed by atoms with Crippen molar-refractivity contribution in [3.63, 3.8) is 0 Å². The van der Waals surface area contributed by atoms with Crippen molar-refractivity contribution in [2.24, 2.45) is 0 Å². The first kappa shape index (κ1) is 37.9. The average Bonchev–Trinajstić information content (AvgIpc) is 3.27. The molecule has 282 valence electrons. The molecule has 6 aromatic rings. The Labute approximate surface area is 325 Å². The number of hydrogen-bond acceptors (Lipinski definition) is 9. The number of esters is 3. The Hall–Kier alpha value is -6.39. The highest BCUT2D eigenvalue weighted by atomic mass is 16.7. The van der Waals surface area contributed by atoms with Gasteiger partial charge in [0.2, 0.25) is 0 Å². The van der Waals surface area contributed by atoms with E-state index < -0.39 is 54.2 Å². The second-order valence-corrected chi connectivity index (χ2v) is 13.1. The fourth-order valence-corrected chi connectivity index (χ4v) is 6.88. The second kappa shape index (κ2) is 17.8. The van der Waals surface area contributed by atoms with Crippen LogP contribution in [-0.4, -0.2) is 62.3 Å². The predicted molar refractivity (Wildman–Crippen MR) is 208 cm³/mol. The number of ether oxygens (including phenoxy) is 6. The molecule has 1 aliphatic rings. The smallest absolute Gasteiger partial charge is 0.338 e. The van der Waals surface area contributed by atoms with Gasteiger partial charge >= 0.3 is 17.9 Å². The minimum Gasteiger partial charge on any atom is -0.452 e. The molecule has 9 heteroatoms. The van der Waals surface area contributed by atoms with Crippen LogP contribution in [0.1, 0.15) is 47.8 Å². The zero-order chi connectivity index (χ0) is 38.7. The molecule has 0 amide bonds. The normalized spacial score (nSPS) is 19.3. The lowest BCUT2D eigenvalue weighted by atomic mass is 9.80. The summed E-state index contributed by atoms with van der Waals surface area (Å²) in [5, 5.41) is 0. The molecule has 5 atom stereocenters. The van der Waals surface area contributed by atoms with Crippen molar-refractivity contribution in [3.8, 4) is 0 Å². The van der Waals surface area contributed by atoms with E-state index in [2.05, 4.69) is 0 Å². The van der Waals surface area contributed by atoms with Gasteiger partial charge in [0.25, 0.3) is 0 Å². The van der Waals surface area contributed by atoms with Gasteiger partial charge in [0, 0.05) is 7.11 Å². The SMILES string of the molecule is CO[C@H]1O[C@H](COC(c2ccccc2)(c2ccccc2)c2ccccc2)[C@H](OC(=O)c2ccccc2)[C@H](OC(=O)c2ccccc2)[C@H]1OC(=O)c1ccccc1. The van der Waals surface area contributed by atoms with E-state index in [0.717, 1.165) is 16.7 Å². The predicted octanol–water partition coefficient (Wildman–Crippen LogP) is 8.04. The molecule has 1 heterocycles. The highest BCUT2D eigenvalue weighted by molar-refractivity contribution is 5.91. The van der Waals surface area contributed by atoms with Crippen LogP contribution in [0, 0.1) is 0 Å². The molecule has 0 N–H and O–H groups in total. The highest BCUT2D eigenvalue weighted by Crippen LogP contribution is 2.42. The van der Waals surface area contributed by atoms with Crippen molar-refractivity contribution >= 4 is 17.9 Å². The molecule has 0 unspecified atom stereocenters. The van der Waals surface area contributed by atoms with Crippen LogP contribution in [0.15, 0.2) is 182 Å². The Balaban J connectivity index is 1.33. The number of rotatable bonds is 13. The Morgan fingerprint density at radius 1 is 0.464 bits per heavy atom. The van der Waals surface area contributed by atoms with Gasteiger partial charge < -0.3 is 28.4 Å². The van der Waals surface area contributed by atoms with Crippen LogP contribution in [0.4, 0.5) is 0 Å². The van der Waals surface area contributed by atoms with Gasteiger partial charge in [-0.05, 0) is 53.1 Å². The first-order valence-corrected chi connectivity index (χ1v) is 18.2. The lowest BCUT2D eigenvalue weighted by Crippen LogP contribution is -2.63. The van der Waals surface area contributed by atoms with Crippen LogP contribution < -0.4 is 0 Å². The van der Waals surface area contributed by atoms with Gasteiger partial charge in [0.15, 0.2) is 24.6 Å². The van der Waals surface area contributed by atoms with Gasteiger partial charge in [-0.25, -0.2) is 14.4 Å². The summed E-state index contributed by atoms with van der Waals surface area (Å²) in [5.74, 6) is -2.17. The van der Waals surface area contributed by atoms with Crippen molar-refractivity contribution in [2.75, 3.05) is 13.7 Å². The zero-order valence-corrected chi connectivity index (χ0v) is 30.6. The van der Waals surface area contributed by atoms with Crippen molar-refractivity contribution in [1.29, 1.82) is 0 Å². The summed E-state index contributed by atoms with van der Waals surface area (Å²) < 4.78 is 38.1. The fraction of sp³-hybridized carbons (Fsp3) is 0.170. The average molecular weight is 749 g/mol. The maximum Gasteiger partial charge on any atom is 0.338 e. The molecule has 0 bridgehead atoms. The largest absolute Gasteiger partial charge is 0.452 e. The third kappa shape index (κ3) is 8.30. The Kier molecular flexibility index (Phi) is 12.1. The summed E-state index contributed by atoms with van der Waals surface area (Å²) in [6.45, 7) is -0.204. The lowest BCUT2D eigenvalue weighted by Gasteiger charge is -2.45. The van der Waals surface area contributed by atoms with Crippen LogP contribution in [0.5, 0.6) is 0 Å². The highest BCUT2D eigenvalue weighted by Gasteiger charge is 2.54. The molecule has 0 radical (unpaired) electrons. The van der Waals surface area contributed by atoms with Gasteiger partial charge in [0.05, 0.1) is 23.3 Å². The van der Waals surface area contributed by atoms with Crippen LogP contribution in [0.2, 0.25) is 0 Å². The lowest BCUT2D eigenvalue weighted by molar-refractivity contribution is -0.296. The maximum atomic E-state index is 13.9. The van der Waals surface area contributed by atoms with Crippen molar-refractivity contribution < 1.29 is 42.8 Å². The van der Waals surface area contributed by atoms with E-state index in [0.29, 0.717) is 0 Å². The fourth-order valence-electron chi connectivity index (χ4n) is 6.88. The third-order valence-corrected chi connectivity index (χ3v) is 9.59. The summed E-state index contributed by atoms with van der Waals surface area (Å²) >= 11 is 0. The molecule has 56 heavy (non-hydrogen) atoms. The van der Waals surface area contributed by atoms with Crippen molar-refractivity contribution in [1.82, 2.24) is 0 Å². The molecule has 6 aromatic carbocycles. The molecule has 1 saturated heterocycles. The molecule has 1 fully saturated rings. The molecular weight excluding hydrogens is 709 g/mol. The molecule has 9 nitrogen and oxygen atoms in total. The minimum atomic E-state index is -1.42. The van der Waals surface area contributed by atoms with E-state index in [1.165, 1.54) is 7.11 Å². The van der Waals surface area contributed by atoms with E-state index in [-0.39, 0.29) is 23.3 Å². The zero-order valence-electron chi connectivity index (χ0n) is 30.6. The van der Waals surface area contributed by atoms with Crippen molar-refractivity contribution in [2.45, 2.75) is 36.3 Å². The summed E-state index contributed by atoms with van der Waals surface area (Å²) in [6.07, 6.45) is -6.57. The molecular formula is C47H40O9. The number of carbonyl (C=O) groups is 3. The number of carbonyl (C=O) groups excluding carboxylic acids is 3. The van der Waals surface area contributed by atoms with E-state index >= 15 is 0 Å². The molecule has 0 aliphatic carbocycles. The second-order valence-electron chi connectivity index (χ2n) is 13.1. The Morgan fingerprint density at radius 3 is 1.14 bits per heavy atom. The molecule has 0 spiro atoms. The van der Waals surface area contributed by atoms with Gasteiger partial charge in [-0.2, -0.15) is 0 Å². The van der Waals surface area contributed by atoms with Crippen LogP contribution in [0.3, 0.4) is 0 Å². The van der Waals surface area contributed by atoms with E-state index in [1.807, 2.05) is 91.0 Å². The summed E-state index contributed by atoms with van der Waals surface area (Å²) in [6, 6.07) is 54.4. The minimum absolute atomic E-state index is 0.204. The van der Waals surface area contributed by atoms with Crippen molar-refractivity contribution in [3.05, 3.63) is 215 Å². The molecule has 0 saturated carbocycles. The molecule has 0 aromatic heterocycles.